The number of ether oxygens (including phenoxy) is 1. The molecule has 2 saturated carbocycles. The van der Waals surface area contributed by atoms with Crippen LogP contribution in [0.5, 0.6) is 0 Å². The SMILES string of the molecule is CCO[C@H]1C[C@@H](N(C)CCCS(=O)(=O)NC)C12CCCC2. The van der Waals surface area contributed by atoms with Gasteiger partial charge in [0.25, 0.3) is 0 Å². The number of rotatable bonds is 8. The summed E-state index contributed by atoms with van der Waals surface area (Å²) in [6, 6.07) is 0.564. The predicted octanol–water partition coefficient (Wildman–Crippen LogP) is 1.60. The van der Waals surface area contributed by atoms with Crippen molar-refractivity contribution < 1.29 is 13.2 Å². The lowest BCUT2D eigenvalue weighted by Gasteiger charge is -2.57. The van der Waals surface area contributed by atoms with E-state index in [0.717, 1.165) is 19.6 Å². The first kappa shape index (κ1) is 17.2. The van der Waals surface area contributed by atoms with Crippen molar-refractivity contribution >= 4 is 10.0 Å². The van der Waals surface area contributed by atoms with Gasteiger partial charge >= 0.3 is 0 Å². The number of hydrogen-bond donors (Lipinski definition) is 1. The topological polar surface area (TPSA) is 58.6 Å². The molecular formula is C15H30N2O3S. The second kappa shape index (κ2) is 6.94. The molecule has 2 fully saturated rings. The van der Waals surface area contributed by atoms with E-state index in [4.69, 9.17) is 4.74 Å². The maximum absolute atomic E-state index is 11.5. The normalized spacial score (nSPS) is 28.2. The standard InChI is InChI=1S/C15H30N2O3S/c1-4-20-14-12-13(15(14)8-5-6-9-15)17(3)10-7-11-21(18,19)16-2/h13-14,16H,4-12H2,1-3H3/t13-,14+/m1/s1. The summed E-state index contributed by atoms with van der Waals surface area (Å²) in [5, 5.41) is 0. The van der Waals surface area contributed by atoms with Crippen LogP contribution in [0.25, 0.3) is 0 Å². The number of sulfonamides is 1. The summed E-state index contributed by atoms with van der Waals surface area (Å²) in [6.07, 6.45) is 7.35. The first-order chi connectivity index (χ1) is 9.95. The molecule has 0 bridgehead atoms. The van der Waals surface area contributed by atoms with Crippen molar-refractivity contribution in [1.82, 2.24) is 9.62 Å². The highest BCUT2D eigenvalue weighted by Crippen LogP contribution is 2.56. The monoisotopic (exact) mass is 318 g/mol. The molecule has 0 aromatic rings. The molecule has 0 amide bonds. The average Bonchev–Trinajstić information content (AvgIpc) is 2.95. The van der Waals surface area contributed by atoms with Crippen LogP contribution in [-0.4, -0.2) is 58.5 Å². The molecule has 0 unspecified atom stereocenters. The van der Waals surface area contributed by atoms with Crippen LogP contribution in [0.2, 0.25) is 0 Å². The zero-order valence-electron chi connectivity index (χ0n) is 13.6. The second-order valence-corrected chi connectivity index (χ2v) is 8.54. The van der Waals surface area contributed by atoms with Gasteiger partial charge in [0.1, 0.15) is 0 Å². The van der Waals surface area contributed by atoms with Gasteiger partial charge in [-0.2, -0.15) is 0 Å². The number of hydrogen-bond acceptors (Lipinski definition) is 4. The maximum Gasteiger partial charge on any atom is 0.211 e. The quantitative estimate of drug-likeness (QED) is 0.738. The highest BCUT2D eigenvalue weighted by molar-refractivity contribution is 7.89. The fraction of sp³-hybridized carbons (Fsp3) is 1.00. The molecule has 0 heterocycles. The minimum atomic E-state index is -3.08. The molecule has 0 aromatic carbocycles. The number of nitrogens with zero attached hydrogens (tertiary/aromatic N) is 1. The lowest BCUT2D eigenvalue weighted by molar-refractivity contribution is -0.160. The van der Waals surface area contributed by atoms with Gasteiger partial charge in [-0.15, -0.1) is 0 Å². The molecule has 0 aliphatic heterocycles. The van der Waals surface area contributed by atoms with Crippen molar-refractivity contribution in [3.63, 3.8) is 0 Å². The van der Waals surface area contributed by atoms with Gasteiger partial charge < -0.3 is 9.64 Å². The Morgan fingerprint density at radius 3 is 2.57 bits per heavy atom. The molecule has 2 aliphatic carbocycles. The third-order valence-electron chi connectivity index (χ3n) is 5.41. The summed E-state index contributed by atoms with van der Waals surface area (Å²) in [5.41, 5.74) is 0.340. The van der Waals surface area contributed by atoms with Gasteiger partial charge in [-0.3, -0.25) is 0 Å². The first-order valence-corrected chi connectivity index (χ1v) is 9.83. The fourth-order valence-corrected chi connectivity index (χ4v) is 4.94. The van der Waals surface area contributed by atoms with E-state index >= 15 is 0 Å². The van der Waals surface area contributed by atoms with Gasteiger partial charge in [0, 0.05) is 18.1 Å². The lowest BCUT2D eigenvalue weighted by atomic mass is 9.60. The summed E-state index contributed by atoms with van der Waals surface area (Å²) in [6.45, 7) is 3.71. The van der Waals surface area contributed by atoms with Crippen LogP contribution < -0.4 is 4.72 Å². The van der Waals surface area contributed by atoms with Gasteiger partial charge in [0.2, 0.25) is 10.0 Å². The molecule has 5 nitrogen and oxygen atoms in total. The van der Waals surface area contributed by atoms with E-state index in [1.54, 1.807) is 0 Å². The van der Waals surface area contributed by atoms with E-state index in [-0.39, 0.29) is 5.75 Å². The Morgan fingerprint density at radius 2 is 2.00 bits per heavy atom. The highest BCUT2D eigenvalue weighted by atomic mass is 32.2. The van der Waals surface area contributed by atoms with Crippen molar-refractivity contribution in [2.24, 2.45) is 5.41 Å². The minimum Gasteiger partial charge on any atom is -0.378 e. The Kier molecular flexibility index (Phi) is 5.68. The van der Waals surface area contributed by atoms with Crippen LogP contribution in [0.1, 0.15) is 45.4 Å². The molecule has 21 heavy (non-hydrogen) atoms. The molecule has 0 radical (unpaired) electrons. The molecule has 6 heteroatoms. The van der Waals surface area contributed by atoms with E-state index in [9.17, 15) is 8.42 Å². The van der Waals surface area contributed by atoms with Gasteiger partial charge in [-0.05, 0) is 53.2 Å². The van der Waals surface area contributed by atoms with Crippen molar-refractivity contribution in [1.29, 1.82) is 0 Å². The van der Waals surface area contributed by atoms with Gasteiger partial charge in [-0.25, -0.2) is 13.1 Å². The van der Waals surface area contributed by atoms with Crippen LogP contribution in [0.15, 0.2) is 0 Å². The van der Waals surface area contributed by atoms with E-state index in [0.29, 0.717) is 24.0 Å². The Balaban J connectivity index is 1.86. The van der Waals surface area contributed by atoms with Crippen LogP contribution >= 0.6 is 0 Å². The van der Waals surface area contributed by atoms with Gasteiger partial charge in [0.15, 0.2) is 0 Å². The van der Waals surface area contributed by atoms with Crippen molar-refractivity contribution in [2.75, 3.05) is 33.0 Å². The Bertz CT molecular complexity index is 432. The Morgan fingerprint density at radius 1 is 1.33 bits per heavy atom. The third kappa shape index (κ3) is 3.60. The molecule has 0 saturated heterocycles. The number of nitrogens with one attached hydrogen (secondary N) is 1. The van der Waals surface area contributed by atoms with Gasteiger partial charge in [0.05, 0.1) is 11.9 Å². The zero-order chi connectivity index (χ0) is 15.5. The molecule has 1 spiro atoms. The molecule has 1 N–H and O–H groups in total. The molecule has 0 aromatic heterocycles. The van der Waals surface area contributed by atoms with E-state index in [1.165, 1.54) is 32.7 Å². The van der Waals surface area contributed by atoms with E-state index in [1.807, 2.05) is 0 Å². The summed E-state index contributed by atoms with van der Waals surface area (Å²) in [7, 11) is 0.537. The Hall–Kier alpha value is -0.170. The van der Waals surface area contributed by atoms with E-state index in [2.05, 4.69) is 23.6 Å². The molecule has 2 aliphatic rings. The van der Waals surface area contributed by atoms with Crippen molar-refractivity contribution in [3.8, 4) is 0 Å². The van der Waals surface area contributed by atoms with Gasteiger partial charge in [-0.1, -0.05) is 12.8 Å². The van der Waals surface area contributed by atoms with Crippen LogP contribution in [0.4, 0.5) is 0 Å². The summed E-state index contributed by atoms with van der Waals surface area (Å²) < 4.78 is 31.3. The first-order valence-electron chi connectivity index (χ1n) is 8.18. The van der Waals surface area contributed by atoms with Crippen LogP contribution in [0.3, 0.4) is 0 Å². The largest absolute Gasteiger partial charge is 0.378 e. The van der Waals surface area contributed by atoms with Crippen LogP contribution in [0, 0.1) is 5.41 Å². The highest BCUT2D eigenvalue weighted by Gasteiger charge is 2.57. The van der Waals surface area contributed by atoms with Crippen molar-refractivity contribution in [3.05, 3.63) is 0 Å². The second-order valence-electron chi connectivity index (χ2n) is 6.49. The molecule has 2 atom stereocenters. The Labute approximate surface area is 129 Å². The predicted molar refractivity (Wildman–Crippen MR) is 84.8 cm³/mol. The maximum atomic E-state index is 11.5. The zero-order valence-corrected chi connectivity index (χ0v) is 14.4. The summed E-state index contributed by atoms with van der Waals surface area (Å²) >= 11 is 0. The van der Waals surface area contributed by atoms with Crippen LogP contribution in [-0.2, 0) is 14.8 Å². The third-order valence-corrected chi connectivity index (χ3v) is 6.86. The molecular weight excluding hydrogens is 288 g/mol. The fourth-order valence-electron chi connectivity index (χ4n) is 4.23. The average molecular weight is 318 g/mol. The van der Waals surface area contributed by atoms with Crippen molar-refractivity contribution in [2.45, 2.75) is 57.6 Å². The summed E-state index contributed by atoms with van der Waals surface area (Å²) in [4.78, 5) is 2.37. The van der Waals surface area contributed by atoms with E-state index < -0.39 is 10.0 Å². The summed E-state index contributed by atoms with van der Waals surface area (Å²) in [5.74, 6) is 0.211. The lowest BCUT2D eigenvalue weighted by Crippen LogP contribution is -2.63. The smallest absolute Gasteiger partial charge is 0.211 e. The molecule has 124 valence electrons. The minimum absolute atomic E-state index is 0.211. The molecule has 2 rings (SSSR count).